The summed E-state index contributed by atoms with van der Waals surface area (Å²) in [5.41, 5.74) is 1.25. The van der Waals surface area contributed by atoms with Gasteiger partial charge in [0, 0.05) is 18.2 Å². The molecule has 0 bridgehead atoms. The number of nitrogens with zero attached hydrogens (tertiary/aromatic N) is 1. The van der Waals surface area contributed by atoms with E-state index in [0.29, 0.717) is 6.04 Å². The molecule has 0 heterocycles. The number of methoxy groups -OCH3 is 1. The van der Waals surface area contributed by atoms with Crippen LogP contribution in [0.2, 0.25) is 0 Å². The van der Waals surface area contributed by atoms with Crippen molar-refractivity contribution >= 4 is 0 Å². The number of benzene rings is 1. The molecule has 1 atom stereocenters. The average molecular weight is 250 g/mol. The molecule has 0 saturated heterocycles. The minimum Gasteiger partial charge on any atom is -0.496 e. The highest BCUT2D eigenvalue weighted by atomic mass is 16.5. The molecule has 1 aromatic carbocycles. The lowest BCUT2D eigenvalue weighted by Gasteiger charge is -2.25. The van der Waals surface area contributed by atoms with E-state index in [1.165, 1.54) is 12.0 Å². The molecule has 1 N–H and O–H groups in total. The molecule has 0 aliphatic rings. The van der Waals surface area contributed by atoms with Crippen molar-refractivity contribution in [3.63, 3.8) is 0 Å². The Morgan fingerprint density at radius 1 is 1.33 bits per heavy atom. The van der Waals surface area contributed by atoms with E-state index in [9.17, 15) is 0 Å². The van der Waals surface area contributed by atoms with E-state index in [-0.39, 0.29) is 0 Å². The fraction of sp³-hybridized carbons (Fsp3) is 0.600. The van der Waals surface area contributed by atoms with Crippen LogP contribution < -0.4 is 10.1 Å². The van der Waals surface area contributed by atoms with Gasteiger partial charge >= 0.3 is 0 Å². The molecular formula is C15H26N2O. The molecule has 0 fully saturated rings. The van der Waals surface area contributed by atoms with E-state index in [1.807, 2.05) is 12.1 Å². The molecule has 0 amide bonds. The summed E-state index contributed by atoms with van der Waals surface area (Å²) in [7, 11) is 3.90. The molecule has 0 aliphatic heterocycles. The van der Waals surface area contributed by atoms with Crippen molar-refractivity contribution in [2.24, 2.45) is 0 Å². The van der Waals surface area contributed by atoms with E-state index < -0.39 is 0 Å². The number of hydrogen-bond donors (Lipinski definition) is 1. The minimum absolute atomic E-state index is 0.564. The maximum absolute atomic E-state index is 5.39. The van der Waals surface area contributed by atoms with Crippen LogP contribution in [-0.2, 0) is 6.54 Å². The molecular weight excluding hydrogens is 224 g/mol. The van der Waals surface area contributed by atoms with Crippen molar-refractivity contribution in [2.75, 3.05) is 27.2 Å². The first-order valence-electron chi connectivity index (χ1n) is 6.71. The summed E-state index contributed by atoms with van der Waals surface area (Å²) in [6.45, 7) is 7.46. The summed E-state index contributed by atoms with van der Waals surface area (Å²) in [5, 5.41) is 3.37. The Balaban J connectivity index is 2.50. The maximum atomic E-state index is 5.39. The molecule has 3 nitrogen and oxygen atoms in total. The zero-order chi connectivity index (χ0) is 13.4. The lowest BCUT2D eigenvalue weighted by atomic mass is 10.1. The third-order valence-electron chi connectivity index (χ3n) is 3.35. The van der Waals surface area contributed by atoms with Crippen LogP contribution in [0.4, 0.5) is 0 Å². The second kappa shape index (κ2) is 8.11. The summed E-state index contributed by atoms with van der Waals surface area (Å²) in [5.74, 6) is 0.975. The summed E-state index contributed by atoms with van der Waals surface area (Å²) < 4.78 is 5.39. The van der Waals surface area contributed by atoms with Crippen LogP contribution in [0.1, 0.15) is 25.8 Å². The third kappa shape index (κ3) is 4.67. The standard InChI is InChI=1S/C15H26N2O/c1-5-16-11-10-13(2)17(3)12-14-8-6-7-9-15(14)18-4/h6-9,13,16H,5,10-12H2,1-4H3. The topological polar surface area (TPSA) is 24.5 Å². The van der Waals surface area contributed by atoms with Gasteiger partial charge in [0.25, 0.3) is 0 Å². The highest BCUT2D eigenvalue weighted by Crippen LogP contribution is 2.19. The Bertz CT molecular complexity index is 341. The van der Waals surface area contributed by atoms with E-state index in [1.54, 1.807) is 7.11 Å². The van der Waals surface area contributed by atoms with Crippen LogP contribution in [0.15, 0.2) is 24.3 Å². The Hall–Kier alpha value is -1.06. The molecule has 1 unspecified atom stereocenters. The van der Waals surface area contributed by atoms with Crippen LogP contribution in [0.3, 0.4) is 0 Å². The normalized spacial score (nSPS) is 12.7. The van der Waals surface area contributed by atoms with Gasteiger partial charge in [0.1, 0.15) is 5.75 Å². The Morgan fingerprint density at radius 2 is 2.06 bits per heavy atom. The van der Waals surface area contributed by atoms with Crippen LogP contribution in [0, 0.1) is 0 Å². The first-order valence-corrected chi connectivity index (χ1v) is 6.71. The van der Waals surface area contributed by atoms with Gasteiger partial charge in [-0.1, -0.05) is 25.1 Å². The second-order valence-corrected chi connectivity index (χ2v) is 4.72. The van der Waals surface area contributed by atoms with Crippen molar-refractivity contribution in [2.45, 2.75) is 32.9 Å². The minimum atomic E-state index is 0.564. The van der Waals surface area contributed by atoms with Crippen LogP contribution in [-0.4, -0.2) is 38.2 Å². The maximum Gasteiger partial charge on any atom is 0.123 e. The Labute approximate surface area is 111 Å². The van der Waals surface area contributed by atoms with Crippen molar-refractivity contribution in [3.05, 3.63) is 29.8 Å². The predicted octanol–water partition coefficient (Wildman–Crippen LogP) is 2.52. The van der Waals surface area contributed by atoms with Gasteiger partial charge in [-0.25, -0.2) is 0 Å². The van der Waals surface area contributed by atoms with E-state index in [4.69, 9.17) is 4.74 Å². The smallest absolute Gasteiger partial charge is 0.123 e. The quantitative estimate of drug-likeness (QED) is 0.718. The number of hydrogen-bond acceptors (Lipinski definition) is 3. The fourth-order valence-electron chi connectivity index (χ4n) is 1.97. The molecule has 0 spiro atoms. The second-order valence-electron chi connectivity index (χ2n) is 4.72. The lowest BCUT2D eigenvalue weighted by molar-refractivity contribution is 0.233. The van der Waals surface area contributed by atoms with Crippen molar-refractivity contribution in [1.29, 1.82) is 0 Å². The molecule has 1 aromatic rings. The number of rotatable bonds is 8. The highest BCUT2D eigenvalue weighted by Gasteiger charge is 2.11. The predicted molar refractivity (Wildman–Crippen MR) is 77.1 cm³/mol. The van der Waals surface area contributed by atoms with Crippen molar-refractivity contribution in [3.8, 4) is 5.75 Å². The zero-order valence-corrected chi connectivity index (χ0v) is 12.1. The van der Waals surface area contributed by atoms with Gasteiger partial charge in [0.15, 0.2) is 0 Å². The fourth-order valence-corrected chi connectivity index (χ4v) is 1.97. The molecule has 3 heteroatoms. The molecule has 102 valence electrons. The van der Waals surface area contributed by atoms with Crippen LogP contribution in [0.25, 0.3) is 0 Å². The van der Waals surface area contributed by atoms with E-state index >= 15 is 0 Å². The first-order chi connectivity index (χ1) is 8.69. The summed E-state index contributed by atoms with van der Waals surface area (Å²) in [4.78, 5) is 2.37. The SMILES string of the molecule is CCNCCC(C)N(C)Cc1ccccc1OC. The summed E-state index contributed by atoms with van der Waals surface area (Å²) in [6, 6.07) is 8.79. The van der Waals surface area contributed by atoms with Gasteiger partial charge in [0.2, 0.25) is 0 Å². The Kier molecular flexibility index (Phi) is 6.76. The van der Waals surface area contributed by atoms with Crippen molar-refractivity contribution in [1.82, 2.24) is 10.2 Å². The molecule has 0 saturated carbocycles. The van der Waals surface area contributed by atoms with Gasteiger partial charge in [-0.05, 0) is 39.5 Å². The third-order valence-corrected chi connectivity index (χ3v) is 3.35. The first kappa shape index (κ1) is 15.0. The molecule has 0 aromatic heterocycles. The van der Waals surface area contributed by atoms with Gasteiger partial charge in [-0.3, -0.25) is 4.90 Å². The van der Waals surface area contributed by atoms with Gasteiger partial charge in [-0.15, -0.1) is 0 Å². The average Bonchev–Trinajstić information content (AvgIpc) is 2.39. The summed E-state index contributed by atoms with van der Waals surface area (Å²) >= 11 is 0. The zero-order valence-electron chi connectivity index (χ0n) is 12.1. The lowest BCUT2D eigenvalue weighted by Crippen LogP contribution is -2.31. The molecule has 0 aliphatic carbocycles. The molecule has 0 radical (unpaired) electrons. The van der Waals surface area contributed by atoms with Crippen LogP contribution >= 0.6 is 0 Å². The number of ether oxygens (including phenoxy) is 1. The number of nitrogens with one attached hydrogen (secondary N) is 1. The number of para-hydroxylation sites is 1. The van der Waals surface area contributed by atoms with Gasteiger partial charge < -0.3 is 10.1 Å². The van der Waals surface area contributed by atoms with Gasteiger partial charge in [-0.2, -0.15) is 0 Å². The molecule has 18 heavy (non-hydrogen) atoms. The van der Waals surface area contributed by atoms with Crippen molar-refractivity contribution < 1.29 is 4.74 Å². The monoisotopic (exact) mass is 250 g/mol. The van der Waals surface area contributed by atoms with E-state index in [2.05, 4.69) is 43.2 Å². The molecule has 1 rings (SSSR count). The summed E-state index contributed by atoms with van der Waals surface area (Å²) in [6.07, 6.45) is 1.17. The van der Waals surface area contributed by atoms with Gasteiger partial charge in [0.05, 0.1) is 7.11 Å². The largest absolute Gasteiger partial charge is 0.496 e. The highest BCUT2D eigenvalue weighted by molar-refractivity contribution is 5.33. The van der Waals surface area contributed by atoms with Crippen LogP contribution in [0.5, 0.6) is 5.75 Å². The van der Waals surface area contributed by atoms with E-state index in [0.717, 1.165) is 25.4 Å². The Morgan fingerprint density at radius 3 is 2.72 bits per heavy atom.